The average molecular weight is 371 g/mol. The fourth-order valence-electron chi connectivity index (χ4n) is 2.74. The molecule has 1 atom stereocenters. The maximum atomic E-state index is 12.5. The Kier molecular flexibility index (Phi) is 5.08. The van der Waals surface area contributed by atoms with Crippen molar-refractivity contribution in [3.05, 3.63) is 52.9 Å². The van der Waals surface area contributed by atoms with Crippen LogP contribution in [-0.2, 0) is 18.9 Å². The van der Waals surface area contributed by atoms with Crippen LogP contribution in [0.3, 0.4) is 0 Å². The van der Waals surface area contributed by atoms with Crippen molar-refractivity contribution in [2.45, 2.75) is 17.1 Å². The van der Waals surface area contributed by atoms with Crippen LogP contribution in [0.1, 0.15) is 6.92 Å². The number of methoxy groups -OCH3 is 1. The maximum Gasteiger partial charge on any atom is 0.328 e. The van der Waals surface area contributed by atoms with Crippen molar-refractivity contribution in [2.24, 2.45) is 14.1 Å². The monoisotopic (exact) mass is 371 g/mol. The second-order valence-corrected chi connectivity index (χ2v) is 7.44. The van der Waals surface area contributed by atoms with Gasteiger partial charge in [0.2, 0.25) is 5.91 Å². The number of anilines is 1. The molecule has 0 aliphatic rings. The number of hydrogen-bond acceptors (Lipinski definition) is 4. The van der Waals surface area contributed by atoms with Gasteiger partial charge in [0.05, 0.1) is 23.4 Å². The lowest BCUT2D eigenvalue weighted by Crippen LogP contribution is -2.22. The minimum Gasteiger partial charge on any atom is -0.497 e. The summed E-state index contributed by atoms with van der Waals surface area (Å²) in [4.78, 5) is 25.5. The molecule has 1 heterocycles. The second kappa shape index (κ2) is 7.29. The fourth-order valence-corrected chi connectivity index (χ4v) is 3.61. The molecular weight excluding hydrogens is 350 g/mol. The Hall–Kier alpha value is -2.67. The normalized spacial score (nSPS) is 12.2. The van der Waals surface area contributed by atoms with Crippen LogP contribution >= 0.6 is 11.8 Å². The number of hydrogen-bond donors (Lipinski definition) is 1. The van der Waals surface area contributed by atoms with Crippen molar-refractivity contribution in [3.63, 3.8) is 0 Å². The molecule has 1 aromatic heterocycles. The lowest BCUT2D eigenvalue weighted by Gasteiger charge is -2.12. The van der Waals surface area contributed by atoms with Crippen LogP contribution in [0.4, 0.5) is 5.69 Å². The average Bonchev–Trinajstić information content (AvgIpc) is 2.86. The highest BCUT2D eigenvalue weighted by molar-refractivity contribution is 8.00. The van der Waals surface area contributed by atoms with E-state index in [2.05, 4.69) is 5.32 Å². The highest BCUT2D eigenvalue weighted by Crippen LogP contribution is 2.26. The summed E-state index contributed by atoms with van der Waals surface area (Å²) in [5.74, 6) is 0.694. The van der Waals surface area contributed by atoms with Crippen LogP contribution in [0.25, 0.3) is 11.0 Å². The van der Waals surface area contributed by atoms with E-state index in [4.69, 9.17) is 4.74 Å². The van der Waals surface area contributed by atoms with Gasteiger partial charge in [0.1, 0.15) is 5.75 Å². The quantitative estimate of drug-likeness (QED) is 0.700. The summed E-state index contributed by atoms with van der Waals surface area (Å²) < 4.78 is 8.30. The number of carbonyl (C=O) groups is 1. The smallest absolute Gasteiger partial charge is 0.328 e. The molecule has 1 N–H and O–H groups in total. The van der Waals surface area contributed by atoms with Gasteiger partial charge in [-0.2, -0.15) is 0 Å². The number of rotatable bonds is 5. The summed E-state index contributed by atoms with van der Waals surface area (Å²) in [5, 5.41) is 2.66. The molecule has 0 spiro atoms. The first-order valence-corrected chi connectivity index (χ1v) is 9.05. The van der Waals surface area contributed by atoms with Gasteiger partial charge >= 0.3 is 5.69 Å². The van der Waals surface area contributed by atoms with Crippen molar-refractivity contribution in [1.29, 1.82) is 0 Å². The van der Waals surface area contributed by atoms with Crippen molar-refractivity contribution in [1.82, 2.24) is 9.13 Å². The molecule has 0 unspecified atom stereocenters. The van der Waals surface area contributed by atoms with Gasteiger partial charge in [-0.05, 0) is 49.4 Å². The molecule has 1 amide bonds. The number of aromatic nitrogens is 2. The number of benzene rings is 2. The van der Waals surface area contributed by atoms with Crippen LogP contribution in [0.2, 0.25) is 0 Å². The van der Waals surface area contributed by atoms with Gasteiger partial charge in [0, 0.05) is 24.7 Å². The third-order valence-electron chi connectivity index (χ3n) is 4.28. The zero-order chi connectivity index (χ0) is 18.8. The molecule has 0 saturated carbocycles. The number of amides is 1. The Morgan fingerprint density at radius 1 is 1.08 bits per heavy atom. The summed E-state index contributed by atoms with van der Waals surface area (Å²) in [7, 11) is 5.08. The first-order chi connectivity index (χ1) is 12.4. The van der Waals surface area contributed by atoms with E-state index in [0.717, 1.165) is 21.7 Å². The fraction of sp³-hybridized carbons (Fsp3) is 0.263. The van der Waals surface area contributed by atoms with Crippen molar-refractivity contribution < 1.29 is 9.53 Å². The van der Waals surface area contributed by atoms with E-state index < -0.39 is 0 Å². The Bertz CT molecular complexity index is 1010. The number of thioether (sulfide) groups is 1. The minimum absolute atomic E-state index is 0.0908. The maximum absolute atomic E-state index is 12.5. The number of fused-ring (bicyclic) bond motifs is 1. The lowest BCUT2D eigenvalue weighted by atomic mass is 10.2. The molecular formula is C19H21N3O3S. The highest BCUT2D eigenvalue weighted by atomic mass is 32.2. The van der Waals surface area contributed by atoms with Crippen LogP contribution in [0, 0.1) is 0 Å². The van der Waals surface area contributed by atoms with E-state index in [1.54, 1.807) is 30.3 Å². The first kappa shape index (κ1) is 18.1. The number of nitrogens with zero attached hydrogens (tertiary/aromatic N) is 2. The molecule has 136 valence electrons. The van der Waals surface area contributed by atoms with Gasteiger partial charge in [0.25, 0.3) is 0 Å². The third kappa shape index (κ3) is 3.48. The summed E-state index contributed by atoms with van der Waals surface area (Å²) >= 11 is 1.48. The molecule has 6 nitrogen and oxygen atoms in total. The van der Waals surface area contributed by atoms with E-state index in [-0.39, 0.29) is 16.8 Å². The van der Waals surface area contributed by atoms with E-state index >= 15 is 0 Å². The van der Waals surface area contributed by atoms with E-state index in [1.165, 1.54) is 11.8 Å². The molecule has 2 aromatic carbocycles. The lowest BCUT2D eigenvalue weighted by molar-refractivity contribution is -0.115. The SMILES string of the molecule is COc1ccc(S[C@H](C)C(=O)Nc2ccc3c(c2)n(C)c(=O)n3C)cc1. The topological polar surface area (TPSA) is 65.3 Å². The van der Waals surface area contributed by atoms with Crippen LogP contribution < -0.4 is 15.7 Å². The van der Waals surface area contributed by atoms with Crippen LogP contribution in [0.5, 0.6) is 5.75 Å². The molecule has 0 bridgehead atoms. The molecule has 0 aliphatic heterocycles. The number of carbonyl (C=O) groups excluding carboxylic acids is 1. The standard InChI is InChI=1S/C19H21N3O3S/c1-12(26-15-8-6-14(25-4)7-9-15)18(23)20-13-5-10-16-17(11-13)22(3)19(24)21(16)2/h5-12H,1-4H3,(H,20,23)/t12-/m1/s1. The predicted octanol–water partition coefficient (Wildman–Crippen LogP) is 3.00. The van der Waals surface area contributed by atoms with E-state index in [9.17, 15) is 9.59 Å². The second-order valence-electron chi connectivity index (χ2n) is 6.03. The Balaban J connectivity index is 1.73. The Labute approximate surface area is 155 Å². The highest BCUT2D eigenvalue weighted by Gasteiger charge is 2.16. The van der Waals surface area contributed by atoms with Gasteiger partial charge in [0.15, 0.2) is 0 Å². The van der Waals surface area contributed by atoms with Gasteiger partial charge in [-0.15, -0.1) is 11.8 Å². The summed E-state index contributed by atoms with van der Waals surface area (Å²) in [6.07, 6.45) is 0. The van der Waals surface area contributed by atoms with E-state index in [0.29, 0.717) is 5.69 Å². The van der Waals surface area contributed by atoms with Crippen molar-refractivity contribution >= 4 is 34.4 Å². The molecule has 0 fully saturated rings. The predicted molar refractivity (Wildman–Crippen MR) is 105 cm³/mol. The molecule has 0 radical (unpaired) electrons. The first-order valence-electron chi connectivity index (χ1n) is 8.17. The summed E-state index contributed by atoms with van der Waals surface area (Å²) in [6, 6.07) is 13.1. The van der Waals surface area contributed by atoms with Crippen molar-refractivity contribution in [2.75, 3.05) is 12.4 Å². The number of imidazole rings is 1. The number of ether oxygens (including phenoxy) is 1. The molecule has 7 heteroatoms. The molecule has 3 rings (SSSR count). The molecule has 0 aliphatic carbocycles. The van der Waals surface area contributed by atoms with Gasteiger partial charge in [-0.1, -0.05) is 0 Å². The van der Waals surface area contributed by atoms with E-state index in [1.807, 2.05) is 49.4 Å². The zero-order valence-corrected chi connectivity index (χ0v) is 16.0. The Morgan fingerprint density at radius 3 is 2.38 bits per heavy atom. The number of aryl methyl sites for hydroxylation is 2. The summed E-state index contributed by atoms with van der Waals surface area (Å²) in [5.41, 5.74) is 2.19. The van der Waals surface area contributed by atoms with Crippen LogP contribution in [-0.4, -0.2) is 27.4 Å². The van der Waals surface area contributed by atoms with Gasteiger partial charge in [-0.3, -0.25) is 13.9 Å². The Morgan fingerprint density at radius 2 is 1.73 bits per heavy atom. The number of nitrogens with one attached hydrogen (secondary N) is 1. The van der Waals surface area contributed by atoms with Crippen molar-refractivity contribution in [3.8, 4) is 5.75 Å². The summed E-state index contributed by atoms with van der Waals surface area (Å²) in [6.45, 7) is 1.86. The molecule has 0 saturated heterocycles. The van der Waals surface area contributed by atoms with Gasteiger partial charge < -0.3 is 10.1 Å². The molecule has 3 aromatic rings. The van der Waals surface area contributed by atoms with Crippen LogP contribution in [0.15, 0.2) is 52.2 Å². The minimum atomic E-state index is -0.265. The zero-order valence-electron chi connectivity index (χ0n) is 15.1. The third-order valence-corrected chi connectivity index (χ3v) is 5.39. The van der Waals surface area contributed by atoms with Gasteiger partial charge in [-0.25, -0.2) is 4.79 Å². The largest absolute Gasteiger partial charge is 0.497 e. The molecule has 26 heavy (non-hydrogen) atoms.